The van der Waals surface area contributed by atoms with Crippen LogP contribution in [0.15, 0.2) is 40.2 Å². The van der Waals surface area contributed by atoms with E-state index in [0.717, 1.165) is 16.0 Å². The number of thiophene rings is 1. The zero-order valence-electron chi connectivity index (χ0n) is 9.36. The molecule has 2 aromatic rings. The fourth-order valence-electron chi connectivity index (χ4n) is 1.50. The fourth-order valence-corrected chi connectivity index (χ4v) is 2.90. The largest absolute Gasteiger partial charge is 0.488 e. The first-order chi connectivity index (χ1) is 8.28. The first-order valence-corrected chi connectivity index (χ1v) is 7.05. The van der Waals surface area contributed by atoms with E-state index in [4.69, 9.17) is 10.5 Å². The number of hydrogen-bond acceptors (Lipinski definition) is 3. The molecule has 0 saturated carbocycles. The molecule has 0 spiro atoms. The van der Waals surface area contributed by atoms with Gasteiger partial charge in [0.25, 0.3) is 0 Å². The van der Waals surface area contributed by atoms with Gasteiger partial charge in [0, 0.05) is 4.88 Å². The van der Waals surface area contributed by atoms with Crippen LogP contribution < -0.4 is 10.5 Å². The molecule has 0 unspecified atom stereocenters. The molecule has 0 bridgehead atoms. The van der Waals surface area contributed by atoms with Crippen LogP contribution in [-0.4, -0.2) is 6.54 Å². The lowest BCUT2D eigenvalue weighted by Gasteiger charge is -2.05. The summed E-state index contributed by atoms with van der Waals surface area (Å²) in [6.45, 7) is 1.30. The van der Waals surface area contributed by atoms with Gasteiger partial charge in [-0.05, 0) is 58.7 Å². The van der Waals surface area contributed by atoms with Crippen LogP contribution in [-0.2, 0) is 13.0 Å². The highest BCUT2D eigenvalue weighted by atomic mass is 79.9. The third kappa shape index (κ3) is 3.84. The van der Waals surface area contributed by atoms with E-state index in [1.54, 1.807) is 11.3 Å². The molecular weight excluding hydrogens is 298 g/mol. The van der Waals surface area contributed by atoms with Crippen molar-refractivity contribution in [2.24, 2.45) is 5.73 Å². The molecular formula is C13H14BrNOS. The molecule has 1 heterocycles. The quantitative estimate of drug-likeness (QED) is 0.916. The first kappa shape index (κ1) is 12.6. The Morgan fingerprint density at radius 1 is 1.12 bits per heavy atom. The van der Waals surface area contributed by atoms with Crippen LogP contribution in [0, 0.1) is 0 Å². The predicted molar refractivity (Wildman–Crippen MR) is 75.6 cm³/mol. The van der Waals surface area contributed by atoms with E-state index in [2.05, 4.69) is 34.1 Å². The van der Waals surface area contributed by atoms with Gasteiger partial charge >= 0.3 is 0 Å². The molecule has 0 aliphatic carbocycles. The Morgan fingerprint density at radius 2 is 1.88 bits per heavy atom. The van der Waals surface area contributed by atoms with E-state index in [9.17, 15) is 0 Å². The van der Waals surface area contributed by atoms with Crippen molar-refractivity contribution in [3.05, 3.63) is 50.6 Å². The molecule has 0 amide bonds. The van der Waals surface area contributed by atoms with E-state index in [1.165, 1.54) is 10.4 Å². The van der Waals surface area contributed by atoms with E-state index >= 15 is 0 Å². The van der Waals surface area contributed by atoms with Crippen LogP contribution in [0.3, 0.4) is 0 Å². The fraction of sp³-hybridized carbons (Fsp3) is 0.231. The molecule has 0 aliphatic heterocycles. The number of halogens is 1. The molecule has 4 heteroatoms. The van der Waals surface area contributed by atoms with Crippen molar-refractivity contribution in [2.75, 3.05) is 6.54 Å². The molecule has 0 radical (unpaired) electrons. The average molecular weight is 312 g/mol. The van der Waals surface area contributed by atoms with Crippen molar-refractivity contribution in [1.82, 2.24) is 0 Å². The van der Waals surface area contributed by atoms with Crippen LogP contribution in [0.1, 0.15) is 10.4 Å². The third-order valence-corrected chi connectivity index (χ3v) is 3.96. The molecule has 2 rings (SSSR count). The Balaban J connectivity index is 1.90. The van der Waals surface area contributed by atoms with E-state index in [1.807, 2.05) is 18.2 Å². The van der Waals surface area contributed by atoms with Gasteiger partial charge in [0.05, 0.1) is 3.79 Å². The summed E-state index contributed by atoms with van der Waals surface area (Å²) < 4.78 is 6.83. The van der Waals surface area contributed by atoms with Gasteiger partial charge in [0.15, 0.2) is 0 Å². The summed E-state index contributed by atoms with van der Waals surface area (Å²) in [5, 5.41) is 0. The second kappa shape index (κ2) is 6.19. The maximum absolute atomic E-state index is 5.70. The number of benzene rings is 1. The van der Waals surface area contributed by atoms with Crippen molar-refractivity contribution in [1.29, 1.82) is 0 Å². The maximum Gasteiger partial charge on any atom is 0.122 e. The number of ether oxygens (including phenoxy) is 1. The highest BCUT2D eigenvalue weighted by molar-refractivity contribution is 9.11. The Bertz CT molecular complexity index is 467. The zero-order chi connectivity index (χ0) is 12.1. The lowest BCUT2D eigenvalue weighted by atomic mass is 10.1. The van der Waals surface area contributed by atoms with Crippen LogP contribution >= 0.6 is 27.3 Å². The lowest BCUT2D eigenvalue weighted by molar-refractivity contribution is 0.310. The highest BCUT2D eigenvalue weighted by Gasteiger charge is 1.99. The van der Waals surface area contributed by atoms with E-state index < -0.39 is 0 Å². The van der Waals surface area contributed by atoms with E-state index in [0.29, 0.717) is 13.2 Å². The van der Waals surface area contributed by atoms with Crippen molar-refractivity contribution in [2.45, 2.75) is 13.0 Å². The minimum atomic E-state index is 0.618. The van der Waals surface area contributed by atoms with Crippen molar-refractivity contribution >= 4 is 27.3 Å². The molecule has 0 saturated heterocycles. The van der Waals surface area contributed by atoms with Gasteiger partial charge in [0.1, 0.15) is 12.4 Å². The number of hydrogen-bond donors (Lipinski definition) is 1. The third-order valence-electron chi connectivity index (χ3n) is 2.37. The second-order valence-electron chi connectivity index (χ2n) is 3.68. The van der Waals surface area contributed by atoms with Gasteiger partial charge in [-0.25, -0.2) is 0 Å². The standard InChI is InChI=1S/C13H14BrNOS/c14-13-6-5-12(17-13)9-16-11-3-1-10(2-4-11)7-8-15/h1-6H,7-9,15H2. The van der Waals surface area contributed by atoms with Crippen molar-refractivity contribution in [3.8, 4) is 5.75 Å². The summed E-state index contributed by atoms with van der Waals surface area (Å²) in [5.41, 5.74) is 6.75. The Morgan fingerprint density at radius 3 is 2.47 bits per heavy atom. The van der Waals surface area contributed by atoms with E-state index in [-0.39, 0.29) is 0 Å². The number of rotatable bonds is 5. The molecule has 2 N–H and O–H groups in total. The summed E-state index contributed by atoms with van der Waals surface area (Å²) >= 11 is 5.13. The zero-order valence-corrected chi connectivity index (χ0v) is 11.8. The maximum atomic E-state index is 5.70. The van der Waals surface area contributed by atoms with Crippen LogP contribution in [0.25, 0.3) is 0 Å². The van der Waals surface area contributed by atoms with Gasteiger partial charge < -0.3 is 10.5 Å². The van der Waals surface area contributed by atoms with Crippen LogP contribution in [0.5, 0.6) is 5.75 Å². The smallest absolute Gasteiger partial charge is 0.122 e. The van der Waals surface area contributed by atoms with Gasteiger partial charge in [-0.1, -0.05) is 12.1 Å². The summed E-state index contributed by atoms with van der Waals surface area (Å²) in [7, 11) is 0. The summed E-state index contributed by atoms with van der Waals surface area (Å²) in [6, 6.07) is 12.2. The van der Waals surface area contributed by atoms with Gasteiger partial charge in [-0.2, -0.15) is 0 Å². The molecule has 2 nitrogen and oxygen atoms in total. The molecule has 17 heavy (non-hydrogen) atoms. The Labute approximate surface area is 114 Å². The molecule has 0 aliphatic rings. The van der Waals surface area contributed by atoms with Gasteiger partial charge in [-0.3, -0.25) is 0 Å². The SMILES string of the molecule is NCCc1ccc(OCc2ccc(Br)s2)cc1. The Hall–Kier alpha value is -0.840. The number of nitrogens with two attached hydrogens (primary N) is 1. The first-order valence-electron chi connectivity index (χ1n) is 5.44. The normalized spacial score (nSPS) is 10.5. The lowest BCUT2D eigenvalue weighted by Crippen LogP contribution is -2.02. The minimum Gasteiger partial charge on any atom is -0.488 e. The van der Waals surface area contributed by atoms with Crippen molar-refractivity contribution in [3.63, 3.8) is 0 Å². The second-order valence-corrected chi connectivity index (χ2v) is 6.22. The summed E-state index contributed by atoms with van der Waals surface area (Å²) in [5.74, 6) is 0.898. The summed E-state index contributed by atoms with van der Waals surface area (Å²) in [6.07, 6.45) is 0.915. The van der Waals surface area contributed by atoms with Gasteiger partial charge in [0.2, 0.25) is 0 Å². The van der Waals surface area contributed by atoms with Crippen LogP contribution in [0.4, 0.5) is 0 Å². The van der Waals surface area contributed by atoms with Crippen LogP contribution in [0.2, 0.25) is 0 Å². The molecule has 1 aromatic carbocycles. The van der Waals surface area contributed by atoms with Gasteiger partial charge in [-0.15, -0.1) is 11.3 Å². The molecule has 0 atom stereocenters. The summed E-state index contributed by atoms with van der Waals surface area (Å²) in [4.78, 5) is 1.21. The minimum absolute atomic E-state index is 0.618. The highest BCUT2D eigenvalue weighted by Crippen LogP contribution is 2.23. The van der Waals surface area contributed by atoms with Crippen molar-refractivity contribution < 1.29 is 4.74 Å². The topological polar surface area (TPSA) is 35.2 Å². The molecule has 90 valence electrons. The monoisotopic (exact) mass is 311 g/mol. The predicted octanol–water partition coefficient (Wildman–Crippen LogP) is 3.59. The Kier molecular flexibility index (Phi) is 4.59. The average Bonchev–Trinajstić information content (AvgIpc) is 2.75. The molecule has 1 aromatic heterocycles. The molecule has 0 fully saturated rings.